The molecular weight excluding hydrogens is 170 g/mol. The third-order valence-electron chi connectivity index (χ3n) is 4.79. The number of fused-ring (bicyclic) bond motifs is 2. The zero-order chi connectivity index (χ0) is 10.3. The van der Waals surface area contributed by atoms with Gasteiger partial charge in [0.25, 0.3) is 0 Å². The molecule has 14 heavy (non-hydrogen) atoms. The summed E-state index contributed by atoms with van der Waals surface area (Å²) in [4.78, 5) is 0. The van der Waals surface area contributed by atoms with Gasteiger partial charge in [-0.25, -0.2) is 0 Å². The normalized spacial score (nSPS) is 39.6. The third kappa shape index (κ3) is 1.60. The molecule has 0 spiro atoms. The van der Waals surface area contributed by atoms with Crippen molar-refractivity contribution in [3.63, 3.8) is 0 Å². The van der Waals surface area contributed by atoms with Crippen molar-refractivity contribution < 1.29 is 0 Å². The van der Waals surface area contributed by atoms with Crippen LogP contribution in [-0.4, -0.2) is 12.6 Å². The van der Waals surface area contributed by atoms with Crippen LogP contribution in [-0.2, 0) is 0 Å². The predicted octanol–water partition coefficient (Wildman–Crippen LogP) is 3.06. The fraction of sp³-hybridized carbons (Fsp3) is 1.00. The molecule has 0 heterocycles. The maximum absolute atomic E-state index is 3.61. The highest BCUT2D eigenvalue weighted by molar-refractivity contribution is 5.03. The van der Waals surface area contributed by atoms with Crippen LogP contribution in [0.25, 0.3) is 0 Å². The van der Waals surface area contributed by atoms with Crippen LogP contribution in [0.1, 0.15) is 47.0 Å². The SMILES string of the molecule is CC(C)NC[C@@H]1CCC2CC1C2(C)C. The molecule has 0 saturated heterocycles. The van der Waals surface area contributed by atoms with Gasteiger partial charge in [0.05, 0.1) is 0 Å². The lowest BCUT2D eigenvalue weighted by atomic mass is 9.45. The van der Waals surface area contributed by atoms with Gasteiger partial charge in [-0.2, -0.15) is 0 Å². The van der Waals surface area contributed by atoms with Gasteiger partial charge in [-0.1, -0.05) is 27.7 Å². The molecule has 1 nitrogen and oxygen atoms in total. The van der Waals surface area contributed by atoms with Gasteiger partial charge in [-0.05, 0) is 49.0 Å². The topological polar surface area (TPSA) is 12.0 Å². The minimum Gasteiger partial charge on any atom is -0.314 e. The molecule has 2 bridgehead atoms. The highest BCUT2D eigenvalue weighted by Crippen LogP contribution is 2.61. The molecule has 82 valence electrons. The molecule has 3 aliphatic rings. The monoisotopic (exact) mass is 195 g/mol. The van der Waals surface area contributed by atoms with Crippen molar-refractivity contribution >= 4 is 0 Å². The Labute approximate surface area is 88.7 Å². The summed E-state index contributed by atoms with van der Waals surface area (Å²) >= 11 is 0. The average Bonchev–Trinajstić information content (AvgIpc) is 2.14. The third-order valence-corrected chi connectivity index (χ3v) is 4.79. The van der Waals surface area contributed by atoms with Crippen LogP contribution in [0.15, 0.2) is 0 Å². The summed E-state index contributed by atoms with van der Waals surface area (Å²) in [7, 11) is 0. The molecule has 3 atom stereocenters. The van der Waals surface area contributed by atoms with E-state index in [0.29, 0.717) is 11.5 Å². The van der Waals surface area contributed by atoms with Crippen LogP contribution in [0.5, 0.6) is 0 Å². The zero-order valence-electron chi connectivity index (χ0n) is 10.1. The van der Waals surface area contributed by atoms with Crippen molar-refractivity contribution in [3.8, 4) is 0 Å². The highest BCUT2D eigenvalue weighted by atomic mass is 14.9. The summed E-state index contributed by atoms with van der Waals surface area (Å²) in [6.45, 7) is 10.7. The summed E-state index contributed by atoms with van der Waals surface area (Å²) in [6, 6.07) is 0.649. The minimum absolute atomic E-state index is 0.649. The van der Waals surface area contributed by atoms with E-state index in [1.165, 1.54) is 25.8 Å². The molecule has 1 heteroatoms. The summed E-state index contributed by atoms with van der Waals surface area (Å²) in [6.07, 6.45) is 4.46. The average molecular weight is 195 g/mol. The van der Waals surface area contributed by atoms with Gasteiger partial charge in [0.2, 0.25) is 0 Å². The Kier molecular flexibility index (Phi) is 2.63. The van der Waals surface area contributed by atoms with Crippen LogP contribution >= 0.6 is 0 Å². The van der Waals surface area contributed by atoms with Gasteiger partial charge in [-0.3, -0.25) is 0 Å². The second-order valence-electron chi connectivity index (χ2n) is 6.26. The Bertz CT molecular complexity index is 205. The summed E-state index contributed by atoms with van der Waals surface area (Å²) in [5.74, 6) is 3.01. The molecule has 2 unspecified atom stereocenters. The maximum Gasteiger partial charge on any atom is 0.00104 e. The molecule has 0 aromatic rings. The van der Waals surface area contributed by atoms with E-state index in [4.69, 9.17) is 0 Å². The number of nitrogens with one attached hydrogen (secondary N) is 1. The van der Waals surface area contributed by atoms with E-state index in [9.17, 15) is 0 Å². The molecule has 3 rings (SSSR count). The first-order valence-electron chi connectivity index (χ1n) is 6.25. The quantitative estimate of drug-likeness (QED) is 0.730. The smallest absolute Gasteiger partial charge is 0.00104 e. The number of hydrogen-bond donors (Lipinski definition) is 1. The Morgan fingerprint density at radius 3 is 2.50 bits per heavy atom. The van der Waals surface area contributed by atoms with Crippen molar-refractivity contribution in [1.82, 2.24) is 5.32 Å². The van der Waals surface area contributed by atoms with E-state index in [0.717, 1.165) is 17.8 Å². The van der Waals surface area contributed by atoms with Gasteiger partial charge in [-0.15, -0.1) is 0 Å². The van der Waals surface area contributed by atoms with E-state index in [-0.39, 0.29) is 0 Å². The van der Waals surface area contributed by atoms with Crippen LogP contribution in [0.4, 0.5) is 0 Å². The Balaban J connectivity index is 1.88. The molecule has 3 saturated carbocycles. The van der Waals surface area contributed by atoms with Crippen molar-refractivity contribution in [2.24, 2.45) is 23.2 Å². The van der Waals surface area contributed by atoms with Gasteiger partial charge in [0, 0.05) is 6.04 Å². The molecule has 1 N–H and O–H groups in total. The Morgan fingerprint density at radius 1 is 1.29 bits per heavy atom. The van der Waals surface area contributed by atoms with E-state index < -0.39 is 0 Å². The molecule has 3 fully saturated rings. The standard InChI is InChI=1S/C13H25N/c1-9(2)14-8-10-5-6-11-7-12(10)13(11,3)4/h9-12,14H,5-8H2,1-4H3/t10-,11?,12?/m0/s1. The maximum atomic E-state index is 3.61. The van der Waals surface area contributed by atoms with Crippen LogP contribution in [0.2, 0.25) is 0 Å². The molecule has 0 radical (unpaired) electrons. The first kappa shape index (κ1) is 10.5. The highest BCUT2D eigenvalue weighted by Gasteiger charge is 2.53. The predicted molar refractivity (Wildman–Crippen MR) is 61.2 cm³/mol. The zero-order valence-corrected chi connectivity index (χ0v) is 10.1. The van der Waals surface area contributed by atoms with Crippen LogP contribution < -0.4 is 5.32 Å². The van der Waals surface area contributed by atoms with E-state index >= 15 is 0 Å². The van der Waals surface area contributed by atoms with Gasteiger partial charge >= 0.3 is 0 Å². The fourth-order valence-corrected chi connectivity index (χ4v) is 3.59. The number of hydrogen-bond acceptors (Lipinski definition) is 1. The Hall–Kier alpha value is -0.0400. The molecule has 0 aromatic carbocycles. The summed E-state index contributed by atoms with van der Waals surface area (Å²) < 4.78 is 0. The number of rotatable bonds is 3. The minimum atomic E-state index is 0.649. The first-order valence-corrected chi connectivity index (χ1v) is 6.25. The summed E-state index contributed by atoms with van der Waals surface area (Å²) in [5, 5.41) is 3.61. The molecule has 0 aliphatic heterocycles. The lowest BCUT2D eigenvalue weighted by molar-refractivity contribution is -0.104. The van der Waals surface area contributed by atoms with Crippen molar-refractivity contribution in [3.05, 3.63) is 0 Å². The van der Waals surface area contributed by atoms with Crippen molar-refractivity contribution in [2.75, 3.05) is 6.54 Å². The fourth-order valence-electron chi connectivity index (χ4n) is 3.59. The lowest BCUT2D eigenvalue weighted by Gasteiger charge is -2.60. The second-order valence-corrected chi connectivity index (χ2v) is 6.26. The summed E-state index contributed by atoms with van der Waals surface area (Å²) in [5.41, 5.74) is 0.654. The lowest BCUT2D eigenvalue weighted by Crippen LogP contribution is -2.54. The Morgan fingerprint density at radius 2 is 2.00 bits per heavy atom. The molecule has 0 amide bonds. The second kappa shape index (κ2) is 3.52. The van der Waals surface area contributed by atoms with E-state index in [1.807, 2.05) is 0 Å². The first-order chi connectivity index (χ1) is 6.51. The van der Waals surface area contributed by atoms with Gasteiger partial charge < -0.3 is 5.32 Å². The van der Waals surface area contributed by atoms with Gasteiger partial charge in [0.15, 0.2) is 0 Å². The van der Waals surface area contributed by atoms with Gasteiger partial charge in [0.1, 0.15) is 0 Å². The molecular formula is C13H25N. The molecule has 3 aliphatic carbocycles. The van der Waals surface area contributed by atoms with Crippen molar-refractivity contribution in [1.29, 1.82) is 0 Å². The van der Waals surface area contributed by atoms with Crippen LogP contribution in [0.3, 0.4) is 0 Å². The van der Waals surface area contributed by atoms with Crippen LogP contribution in [0, 0.1) is 23.2 Å². The molecule has 0 aromatic heterocycles. The van der Waals surface area contributed by atoms with E-state index in [1.54, 1.807) is 0 Å². The largest absolute Gasteiger partial charge is 0.314 e. The van der Waals surface area contributed by atoms with E-state index in [2.05, 4.69) is 33.0 Å². The van der Waals surface area contributed by atoms with Crippen molar-refractivity contribution in [2.45, 2.75) is 53.0 Å².